The predicted octanol–water partition coefficient (Wildman–Crippen LogP) is 3.24. The molecular formula is C22H29N3O3S. The van der Waals surface area contributed by atoms with Crippen LogP contribution in [0.5, 0.6) is 0 Å². The summed E-state index contributed by atoms with van der Waals surface area (Å²) >= 11 is 0. The van der Waals surface area contributed by atoms with Crippen LogP contribution in [0.2, 0.25) is 0 Å². The number of anilines is 2. The molecule has 2 aromatic carbocycles. The van der Waals surface area contributed by atoms with Crippen molar-refractivity contribution in [2.45, 2.75) is 26.3 Å². The number of aryl methyl sites for hydroxylation is 1. The van der Waals surface area contributed by atoms with Gasteiger partial charge in [0.25, 0.3) is 0 Å². The molecule has 1 unspecified atom stereocenters. The van der Waals surface area contributed by atoms with Crippen molar-refractivity contribution in [2.24, 2.45) is 5.92 Å². The molecule has 0 bridgehead atoms. The van der Waals surface area contributed by atoms with Crippen LogP contribution in [0.3, 0.4) is 0 Å². The zero-order valence-corrected chi connectivity index (χ0v) is 18.1. The lowest BCUT2D eigenvalue weighted by Crippen LogP contribution is -2.40. The van der Waals surface area contributed by atoms with Crippen LogP contribution >= 0.6 is 0 Å². The number of likely N-dealkylation sites (tertiary alicyclic amines) is 1. The van der Waals surface area contributed by atoms with E-state index in [9.17, 15) is 13.2 Å². The minimum absolute atomic E-state index is 0.0151. The number of nitrogens with one attached hydrogen (secondary N) is 1. The highest BCUT2D eigenvalue weighted by molar-refractivity contribution is 7.92. The SMILES string of the molecule is Cc1ccccc1CN1CCCC(C(=O)Nc2cccc(N(C)S(C)(=O)=O)c2)C1. The van der Waals surface area contributed by atoms with Crippen LogP contribution in [0.4, 0.5) is 11.4 Å². The van der Waals surface area contributed by atoms with Gasteiger partial charge in [0, 0.05) is 25.8 Å². The highest BCUT2D eigenvalue weighted by Gasteiger charge is 2.26. The lowest BCUT2D eigenvalue weighted by atomic mass is 9.96. The first-order chi connectivity index (χ1) is 13.7. The van der Waals surface area contributed by atoms with E-state index < -0.39 is 10.0 Å². The van der Waals surface area contributed by atoms with Crippen LogP contribution in [-0.4, -0.2) is 45.6 Å². The number of carbonyl (C=O) groups excluding carboxylic acids is 1. The summed E-state index contributed by atoms with van der Waals surface area (Å²) in [4.78, 5) is 15.2. The molecule has 1 amide bonds. The zero-order valence-electron chi connectivity index (χ0n) is 17.3. The number of rotatable bonds is 6. The molecule has 0 aliphatic carbocycles. The minimum Gasteiger partial charge on any atom is -0.326 e. The Labute approximate surface area is 173 Å². The predicted molar refractivity (Wildman–Crippen MR) is 117 cm³/mol. The maximum atomic E-state index is 12.8. The lowest BCUT2D eigenvalue weighted by molar-refractivity contribution is -0.121. The van der Waals surface area contributed by atoms with Gasteiger partial charge in [-0.1, -0.05) is 30.3 Å². The average molecular weight is 416 g/mol. The van der Waals surface area contributed by atoms with Gasteiger partial charge in [-0.3, -0.25) is 14.0 Å². The van der Waals surface area contributed by atoms with E-state index in [1.807, 2.05) is 6.07 Å². The molecule has 1 heterocycles. The number of piperidine rings is 1. The molecule has 156 valence electrons. The number of hydrogen-bond donors (Lipinski definition) is 1. The number of hydrogen-bond acceptors (Lipinski definition) is 4. The number of amides is 1. The van der Waals surface area contributed by atoms with E-state index >= 15 is 0 Å². The van der Waals surface area contributed by atoms with Gasteiger partial charge in [-0.2, -0.15) is 0 Å². The van der Waals surface area contributed by atoms with E-state index in [4.69, 9.17) is 0 Å². The molecule has 1 saturated heterocycles. The first kappa shape index (κ1) is 21.3. The Morgan fingerprint density at radius 1 is 1.21 bits per heavy atom. The van der Waals surface area contributed by atoms with Crippen molar-refractivity contribution in [1.29, 1.82) is 0 Å². The van der Waals surface area contributed by atoms with E-state index in [0.717, 1.165) is 38.7 Å². The molecule has 7 heteroatoms. The van der Waals surface area contributed by atoms with Crippen LogP contribution in [0.25, 0.3) is 0 Å². The van der Waals surface area contributed by atoms with Gasteiger partial charge in [0.1, 0.15) is 0 Å². The number of carbonyl (C=O) groups is 1. The third-order valence-electron chi connectivity index (χ3n) is 5.51. The van der Waals surface area contributed by atoms with Crippen molar-refractivity contribution in [3.05, 3.63) is 59.7 Å². The van der Waals surface area contributed by atoms with Gasteiger partial charge in [-0.25, -0.2) is 8.42 Å². The van der Waals surface area contributed by atoms with Crippen molar-refractivity contribution in [2.75, 3.05) is 36.0 Å². The Hall–Kier alpha value is -2.38. The lowest BCUT2D eigenvalue weighted by Gasteiger charge is -2.32. The number of sulfonamides is 1. The van der Waals surface area contributed by atoms with Gasteiger partial charge >= 0.3 is 0 Å². The molecular weight excluding hydrogens is 386 g/mol. The standard InChI is InChI=1S/C22H29N3O3S/c1-17-8-4-5-9-18(17)15-25-13-7-10-19(16-25)22(26)23-20-11-6-12-21(14-20)24(2)29(3,27)28/h4-6,8-9,11-12,14,19H,7,10,13,15-16H2,1-3H3,(H,23,26). The maximum absolute atomic E-state index is 12.8. The summed E-state index contributed by atoms with van der Waals surface area (Å²) < 4.78 is 24.7. The summed E-state index contributed by atoms with van der Waals surface area (Å²) in [6.07, 6.45) is 3.00. The molecule has 1 atom stereocenters. The Kier molecular flexibility index (Phi) is 6.59. The van der Waals surface area contributed by atoms with E-state index in [1.165, 1.54) is 22.5 Å². The van der Waals surface area contributed by atoms with Crippen molar-refractivity contribution >= 4 is 27.3 Å². The fourth-order valence-electron chi connectivity index (χ4n) is 3.66. The van der Waals surface area contributed by atoms with E-state index in [-0.39, 0.29) is 11.8 Å². The summed E-state index contributed by atoms with van der Waals surface area (Å²) in [5.41, 5.74) is 3.70. The fraction of sp³-hybridized carbons (Fsp3) is 0.409. The van der Waals surface area contributed by atoms with E-state index in [1.54, 1.807) is 24.3 Å². The average Bonchev–Trinajstić information content (AvgIpc) is 2.69. The molecule has 3 rings (SSSR count). The Balaban J connectivity index is 1.64. The highest BCUT2D eigenvalue weighted by Crippen LogP contribution is 2.24. The highest BCUT2D eigenvalue weighted by atomic mass is 32.2. The third-order valence-corrected chi connectivity index (χ3v) is 6.71. The molecule has 6 nitrogen and oxygen atoms in total. The molecule has 1 aliphatic rings. The second-order valence-corrected chi connectivity index (χ2v) is 9.78. The summed E-state index contributed by atoms with van der Waals surface area (Å²) in [5, 5.41) is 2.97. The largest absolute Gasteiger partial charge is 0.326 e. The molecule has 2 aromatic rings. The van der Waals surface area contributed by atoms with Crippen LogP contribution < -0.4 is 9.62 Å². The van der Waals surface area contributed by atoms with Gasteiger partial charge in [0.05, 0.1) is 17.9 Å². The number of nitrogens with zero attached hydrogens (tertiary/aromatic N) is 2. The first-order valence-electron chi connectivity index (χ1n) is 9.86. The molecule has 0 radical (unpaired) electrons. The molecule has 0 aromatic heterocycles. The summed E-state index contributed by atoms with van der Waals surface area (Å²) in [7, 11) is -1.85. The second kappa shape index (κ2) is 8.97. The smallest absolute Gasteiger partial charge is 0.231 e. The zero-order chi connectivity index (χ0) is 21.0. The van der Waals surface area contributed by atoms with Gasteiger partial charge in [0.15, 0.2) is 0 Å². The van der Waals surface area contributed by atoms with Gasteiger partial charge in [-0.15, -0.1) is 0 Å². The normalized spacial score (nSPS) is 17.7. The molecule has 0 saturated carbocycles. The second-order valence-electron chi connectivity index (χ2n) is 7.77. The minimum atomic E-state index is -3.35. The van der Waals surface area contributed by atoms with Gasteiger partial charge in [-0.05, 0) is 55.6 Å². The Morgan fingerprint density at radius 3 is 2.69 bits per heavy atom. The molecule has 1 fully saturated rings. The van der Waals surface area contributed by atoms with Crippen molar-refractivity contribution in [3.8, 4) is 0 Å². The quantitative estimate of drug-likeness (QED) is 0.786. The van der Waals surface area contributed by atoms with Gasteiger partial charge < -0.3 is 5.32 Å². The fourth-order valence-corrected chi connectivity index (χ4v) is 4.15. The van der Waals surface area contributed by atoms with Crippen LogP contribution in [-0.2, 0) is 21.4 Å². The molecule has 29 heavy (non-hydrogen) atoms. The van der Waals surface area contributed by atoms with Crippen molar-refractivity contribution < 1.29 is 13.2 Å². The van der Waals surface area contributed by atoms with Gasteiger partial charge in [0.2, 0.25) is 15.9 Å². The molecule has 1 N–H and O–H groups in total. The van der Waals surface area contributed by atoms with E-state index in [0.29, 0.717) is 11.4 Å². The third kappa shape index (κ3) is 5.58. The molecule has 1 aliphatic heterocycles. The monoisotopic (exact) mass is 415 g/mol. The topological polar surface area (TPSA) is 69.7 Å². The van der Waals surface area contributed by atoms with E-state index in [2.05, 4.69) is 35.3 Å². The Morgan fingerprint density at radius 2 is 1.97 bits per heavy atom. The Bertz CT molecular complexity index is 975. The number of benzene rings is 2. The summed E-state index contributed by atoms with van der Waals surface area (Å²) in [6.45, 7) is 4.69. The molecule has 0 spiro atoms. The summed E-state index contributed by atoms with van der Waals surface area (Å²) in [6, 6.07) is 15.3. The van der Waals surface area contributed by atoms with Crippen LogP contribution in [0.1, 0.15) is 24.0 Å². The first-order valence-corrected chi connectivity index (χ1v) is 11.7. The van der Waals surface area contributed by atoms with Crippen LogP contribution in [0.15, 0.2) is 48.5 Å². The van der Waals surface area contributed by atoms with Crippen molar-refractivity contribution in [1.82, 2.24) is 4.90 Å². The van der Waals surface area contributed by atoms with Crippen LogP contribution in [0, 0.1) is 12.8 Å². The summed E-state index contributed by atoms with van der Waals surface area (Å²) in [5.74, 6) is -0.0947. The maximum Gasteiger partial charge on any atom is 0.231 e. The van der Waals surface area contributed by atoms with Crippen molar-refractivity contribution in [3.63, 3.8) is 0 Å².